The van der Waals surface area contributed by atoms with Crippen molar-refractivity contribution in [2.45, 2.75) is 71.3 Å². The fraction of sp³-hybridized carbons (Fsp3) is 1.00. The molecule has 1 nitrogen and oxygen atoms in total. The Morgan fingerprint density at radius 2 is 1.47 bits per heavy atom. The quantitative estimate of drug-likeness (QED) is 0.671. The molecular weight excluding hydrogens is 258 g/mol. The van der Waals surface area contributed by atoms with Gasteiger partial charge in [-0.2, -0.15) is 0 Å². The number of rotatable bonds is 2. The monoisotopic (exact) mass is 283 g/mol. The number of alkyl halides is 4. The lowest BCUT2D eigenvalue weighted by Gasteiger charge is -2.49. The second-order valence-corrected chi connectivity index (χ2v) is 5.90. The van der Waals surface area contributed by atoms with Crippen LogP contribution in [0, 0.1) is 5.41 Å². The van der Waals surface area contributed by atoms with E-state index in [0.717, 1.165) is 6.92 Å². The van der Waals surface area contributed by atoms with Gasteiger partial charge in [-0.3, -0.25) is 4.90 Å². The van der Waals surface area contributed by atoms with E-state index in [1.165, 1.54) is 0 Å². The minimum absolute atomic E-state index is 0.0972. The summed E-state index contributed by atoms with van der Waals surface area (Å²) in [7, 11) is 0. The number of likely N-dealkylation sites (tertiary alicyclic amines) is 1. The van der Waals surface area contributed by atoms with Crippen molar-refractivity contribution in [3.63, 3.8) is 0 Å². The Kier molecular flexibility index (Phi) is 4.92. The van der Waals surface area contributed by atoms with Gasteiger partial charge in [-0.25, -0.2) is 17.6 Å². The average Bonchev–Trinajstić information content (AvgIpc) is 2.28. The van der Waals surface area contributed by atoms with E-state index in [-0.39, 0.29) is 18.9 Å². The van der Waals surface area contributed by atoms with Crippen LogP contribution in [0.1, 0.15) is 53.4 Å². The summed E-state index contributed by atoms with van der Waals surface area (Å²) in [5.41, 5.74) is -0.976. The predicted octanol–water partition coefficient (Wildman–Crippen LogP) is 4.57. The number of nitrogens with zero attached hydrogens (tertiary/aromatic N) is 1. The smallest absolute Gasteiger partial charge is 0.251 e. The Labute approximate surface area is 113 Å². The Morgan fingerprint density at radius 3 is 1.79 bits per heavy atom. The highest BCUT2D eigenvalue weighted by Crippen LogP contribution is 2.47. The molecular formula is C14H25F4N. The minimum Gasteiger partial charge on any atom is -0.300 e. The van der Waals surface area contributed by atoms with Gasteiger partial charge in [-0.05, 0) is 32.9 Å². The molecule has 0 amide bonds. The highest BCUT2D eigenvalue weighted by Gasteiger charge is 2.52. The Balaban J connectivity index is 0.000000861. The van der Waals surface area contributed by atoms with Crippen LogP contribution in [0.15, 0.2) is 0 Å². The predicted molar refractivity (Wildman–Crippen MR) is 68.9 cm³/mol. The van der Waals surface area contributed by atoms with Crippen LogP contribution in [0.2, 0.25) is 0 Å². The van der Waals surface area contributed by atoms with E-state index in [0.29, 0.717) is 25.9 Å². The van der Waals surface area contributed by atoms with E-state index < -0.39 is 17.3 Å². The van der Waals surface area contributed by atoms with Gasteiger partial charge in [0.1, 0.15) is 0 Å². The van der Waals surface area contributed by atoms with Crippen molar-refractivity contribution in [1.82, 2.24) is 4.90 Å². The number of piperidine rings is 1. The van der Waals surface area contributed by atoms with Gasteiger partial charge in [-0.15, -0.1) is 0 Å². The Bertz CT molecular complexity index is 282. The molecule has 0 aromatic carbocycles. The van der Waals surface area contributed by atoms with Gasteiger partial charge in [0.15, 0.2) is 0 Å². The summed E-state index contributed by atoms with van der Waals surface area (Å²) in [5.74, 6) is -5.22. The summed E-state index contributed by atoms with van der Waals surface area (Å²) < 4.78 is 52.3. The maximum absolute atomic E-state index is 13.4. The van der Waals surface area contributed by atoms with Crippen LogP contribution in [0.4, 0.5) is 17.6 Å². The van der Waals surface area contributed by atoms with E-state index in [9.17, 15) is 17.6 Å². The SMILES string of the molecule is CC.CC(F)(F)C1(C)CCN(C2CC(F)(F)C2)CC1. The summed E-state index contributed by atoms with van der Waals surface area (Å²) >= 11 is 0. The van der Waals surface area contributed by atoms with E-state index in [2.05, 4.69) is 0 Å². The van der Waals surface area contributed by atoms with Gasteiger partial charge in [0.05, 0.1) is 0 Å². The van der Waals surface area contributed by atoms with Crippen LogP contribution in [-0.4, -0.2) is 35.9 Å². The average molecular weight is 283 g/mol. The van der Waals surface area contributed by atoms with Crippen LogP contribution in [0.5, 0.6) is 0 Å². The van der Waals surface area contributed by atoms with Gasteiger partial charge in [0, 0.05) is 24.3 Å². The number of halogens is 4. The van der Waals surface area contributed by atoms with Crippen LogP contribution in [-0.2, 0) is 0 Å². The van der Waals surface area contributed by atoms with Crippen molar-refractivity contribution in [1.29, 1.82) is 0 Å². The molecule has 0 unspecified atom stereocenters. The molecule has 2 rings (SSSR count). The molecule has 0 aromatic rings. The second kappa shape index (κ2) is 5.58. The zero-order chi connectivity index (χ0) is 14.9. The van der Waals surface area contributed by atoms with Gasteiger partial charge >= 0.3 is 0 Å². The van der Waals surface area contributed by atoms with E-state index >= 15 is 0 Å². The first-order valence-corrected chi connectivity index (χ1v) is 7.13. The largest absolute Gasteiger partial charge is 0.300 e. The van der Waals surface area contributed by atoms with Gasteiger partial charge in [-0.1, -0.05) is 20.8 Å². The van der Waals surface area contributed by atoms with E-state index in [4.69, 9.17) is 0 Å². The summed E-state index contributed by atoms with van der Waals surface area (Å²) in [6.07, 6.45) is 0.565. The minimum atomic E-state index is -2.69. The van der Waals surface area contributed by atoms with Crippen LogP contribution in [0.3, 0.4) is 0 Å². The maximum Gasteiger partial charge on any atom is 0.251 e. The van der Waals surface area contributed by atoms with Crippen molar-refractivity contribution < 1.29 is 17.6 Å². The molecule has 5 heteroatoms. The van der Waals surface area contributed by atoms with Crippen LogP contribution >= 0.6 is 0 Å². The van der Waals surface area contributed by atoms with E-state index in [1.54, 1.807) is 6.92 Å². The van der Waals surface area contributed by atoms with Crippen molar-refractivity contribution in [3.05, 3.63) is 0 Å². The number of hydrogen-bond acceptors (Lipinski definition) is 1. The lowest BCUT2D eigenvalue weighted by atomic mass is 9.74. The standard InChI is InChI=1S/C12H19F4N.C2H6/c1-10(11(2,13)14)3-5-17(6-4-10)9-7-12(15,16)8-9;1-2/h9H,3-8H2,1-2H3;1-2H3. The summed E-state index contributed by atoms with van der Waals surface area (Å²) in [6, 6.07) is -0.0972. The zero-order valence-electron chi connectivity index (χ0n) is 12.3. The molecule has 0 N–H and O–H groups in total. The third-order valence-corrected chi connectivity index (χ3v) is 4.55. The Hall–Kier alpha value is -0.320. The fourth-order valence-electron chi connectivity index (χ4n) is 2.71. The second-order valence-electron chi connectivity index (χ2n) is 5.90. The first kappa shape index (κ1) is 16.7. The fourth-order valence-corrected chi connectivity index (χ4v) is 2.71. The Morgan fingerprint density at radius 1 is 1.05 bits per heavy atom. The zero-order valence-corrected chi connectivity index (χ0v) is 12.3. The molecule has 0 radical (unpaired) electrons. The van der Waals surface area contributed by atoms with E-state index in [1.807, 2.05) is 18.7 Å². The third-order valence-electron chi connectivity index (χ3n) is 4.55. The highest BCUT2D eigenvalue weighted by atomic mass is 19.3. The van der Waals surface area contributed by atoms with Gasteiger partial charge in [0.2, 0.25) is 0 Å². The molecule has 2 fully saturated rings. The van der Waals surface area contributed by atoms with Crippen molar-refractivity contribution in [2.24, 2.45) is 5.41 Å². The molecule has 1 aliphatic carbocycles. The van der Waals surface area contributed by atoms with Crippen molar-refractivity contribution in [3.8, 4) is 0 Å². The molecule has 0 atom stereocenters. The summed E-state index contributed by atoms with van der Waals surface area (Å²) in [4.78, 5) is 1.95. The highest BCUT2D eigenvalue weighted by molar-refractivity contribution is 4.97. The maximum atomic E-state index is 13.4. The molecule has 0 aromatic heterocycles. The summed E-state index contributed by atoms with van der Waals surface area (Å²) in [5, 5.41) is 0. The molecule has 114 valence electrons. The lowest BCUT2D eigenvalue weighted by molar-refractivity contribution is -0.156. The lowest BCUT2D eigenvalue weighted by Crippen LogP contribution is -2.56. The first-order chi connectivity index (χ1) is 8.63. The molecule has 0 spiro atoms. The summed E-state index contributed by atoms with van der Waals surface area (Å²) in [6.45, 7) is 7.58. The van der Waals surface area contributed by atoms with Gasteiger partial charge < -0.3 is 0 Å². The molecule has 2 aliphatic rings. The van der Waals surface area contributed by atoms with Crippen molar-refractivity contribution >= 4 is 0 Å². The normalized spacial score (nSPS) is 27.2. The van der Waals surface area contributed by atoms with Crippen molar-refractivity contribution in [2.75, 3.05) is 13.1 Å². The topological polar surface area (TPSA) is 3.24 Å². The molecule has 1 saturated carbocycles. The molecule has 1 saturated heterocycles. The number of hydrogen-bond donors (Lipinski definition) is 0. The molecule has 19 heavy (non-hydrogen) atoms. The first-order valence-electron chi connectivity index (χ1n) is 7.13. The molecule has 0 bridgehead atoms. The van der Waals surface area contributed by atoms with Crippen LogP contribution in [0.25, 0.3) is 0 Å². The van der Waals surface area contributed by atoms with Gasteiger partial charge in [0.25, 0.3) is 11.8 Å². The third kappa shape index (κ3) is 3.61. The molecule has 1 heterocycles. The van der Waals surface area contributed by atoms with Crippen LogP contribution < -0.4 is 0 Å². The molecule has 1 aliphatic heterocycles.